The highest BCUT2D eigenvalue weighted by Gasteiger charge is 2.46. The van der Waals surface area contributed by atoms with Crippen molar-refractivity contribution in [1.82, 2.24) is 0 Å². The lowest BCUT2D eigenvalue weighted by Gasteiger charge is -2.44. The van der Waals surface area contributed by atoms with Gasteiger partial charge in [0.25, 0.3) is 0 Å². The Morgan fingerprint density at radius 1 is 0.197 bits per heavy atom. The minimum atomic E-state index is -4.42. The van der Waals surface area contributed by atoms with Gasteiger partial charge in [-0.3, -0.25) is 0 Å². The molecule has 0 aliphatic carbocycles. The second-order valence-corrected chi connectivity index (χ2v) is 14.9. The number of hydrogen-bond donors (Lipinski definition) is 0. The van der Waals surface area contributed by atoms with Crippen molar-refractivity contribution in [3.63, 3.8) is 0 Å². The molecule has 0 spiro atoms. The van der Waals surface area contributed by atoms with Crippen LogP contribution < -0.4 is 43.7 Å². The first-order valence-corrected chi connectivity index (χ1v) is 19.3. The zero-order valence-electron chi connectivity index (χ0n) is 33.1. The molecule has 0 atom stereocenters. The SMILES string of the molecule is Fc1ccc(F)c([B-](c2cc(F)ccc2F)(c2cc(F)ccc2F)c2cc(F)ccc2F)c1.Fc1cccc(F)c1[B-](c1c(F)cccc1F)(c1c(F)cccc1F)c1c(F)cccc1F. The Morgan fingerprint density at radius 2 is 0.379 bits per heavy atom. The van der Waals surface area contributed by atoms with Gasteiger partial charge in [0.1, 0.15) is 35.6 Å². The third-order valence-electron chi connectivity index (χ3n) is 11.4. The number of hydrogen-bond acceptors (Lipinski definition) is 0. The highest BCUT2D eigenvalue weighted by Crippen LogP contribution is 2.23. The van der Waals surface area contributed by atoms with Crippen molar-refractivity contribution in [1.29, 1.82) is 0 Å². The molecule has 0 unspecified atom stereocenters. The molecular weight excluding hydrogens is 902 g/mol. The van der Waals surface area contributed by atoms with Crippen LogP contribution in [0.15, 0.2) is 146 Å². The van der Waals surface area contributed by atoms with Crippen LogP contribution in [0.25, 0.3) is 0 Å². The van der Waals surface area contributed by atoms with Crippen molar-refractivity contribution < 1.29 is 70.2 Å². The topological polar surface area (TPSA) is 0 Å². The van der Waals surface area contributed by atoms with Crippen LogP contribution in [-0.2, 0) is 0 Å². The molecule has 18 heteroatoms. The van der Waals surface area contributed by atoms with Crippen molar-refractivity contribution in [2.24, 2.45) is 0 Å². The smallest absolute Gasteiger partial charge is 0.136 e. The highest BCUT2D eigenvalue weighted by molar-refractivity contribution is 7.20. The lowest BCUT2D eigenvalue weighted by Crippen LogP contribution is -2.80. The Kier molecular flexibility index (Phi) is 13.0. The molecule has 8 rings (SSSR count). The van der Waals surface area contributed by atoms with Gasteiger partial charge in [-0.1, -0.05) is 48.5 Å². The van der Waals surface area contributed by atoms with Crippen molar-refractivity contribution in [2.45, 2.75) is 0 Å². The predicted octanol–water partition coefficient (Wildman–Crippen LogP) is 8.35. The summed E-state index contributed by atoms with van der Waals surface area (Å²) in [7, 11) is 0. The maximum atomic E-state index is 15.2. The molecule has 0 radical (unpaired) electrons. The summed E-state index contributed by atoms with van der Waals surface area (Å²) in [5, 5.41) is 0. The molecule has 8 aromatic rings. The fourth-order valence-electron chi connectivity index (χ4n) is 8.95. The summed E-state index contributed by atoms with van der Waals surface area (Å²) in [6.07, 6.45) is -8.27. The van der Waals surface area contributed by atoms with Gasteiger partial charge in [0.2, 0.25) is 0 Å². The second kappa shape index (κ2) is 18.3. The quantitative estimate of drug-likeness (QED) is 0.106. The maximum Gasteiger partial charge on any atom is 0.136 e. The van der Waals surface area contributed by atoms with E-state index >= 15 is 52.7 Å². The molecule has 336 valence electrons. The summed E-state index contributed by atoms with van der Waals surface area (Å²) < 4.78 is 240. The van der Waals surface area contributed by atoms with Gasteiger partial charge in [-0.05, 0) is 97.1 Å². The molecule has 66 heavy (non-hydrogen) atoms. The monoisotopic (exact) mass is 926 g/mol. The fourth-order valence-corrected chi connectivity index (χ4v) is 8.95. The van der Waals surface area contributed by atoms with E-state index in [0.717, 1.165) is 24.3 Å². The zero-order chi connectivity index (χ0) is 47.8. The number of benzene rings is 8. The van der Waals surface area contributed by atoms with Crippen LogP contribution in [0.4, 0.5) is 70.2 Å². The van der Waals surface area contributed by atoms with Crippen molar-refractivity contribution >= 4 is 56.0 Å². The minimum Gasteiger partial charge on any atom is -0.210 e. The molecule has 0 aliphatic rings. The molecule has 8 aromatic carbocycles. The van der Waals surface area contributed by atoms with Gasteiger partial charge < -0.3 is 0 Å². The van der Waals surface area contributed by atoms with Crippen LogP contribution in [0.2, 0.25) is 0 Å². The summed E-state index contributed by atoms with van der Waals surface area (Å²) in [5.74, 6) is -21.4. The van der Waals surface area contributed by atoms with E-state index < -0.39 is 149 Å². The Bertz CT molecular complexity index is 2650. The molecule has 0 aliphatic heterocycles. The van der Waals surface area contributed by atoms with Gasteiger partial charge in [0, 0.05) is 0 Å². The van der Waals surface area contributed by atoms with E-state index in [9.17, 15) is 17.6 Å². The van der Waals surface area contributed by atoms with E-state index in [1.54, 1.807) is 0 Å². The van der Waals surface area contributed by atoms with Crippen LogP contribution in [0.3, 0.4) is 0 Å². The fraction of sp³-hybridized carbons (Fsp3) is 0. The summed E-state index contributed by atoms with van der Waals surface area (Å²) in [6.45, 7) is 0. The zero-order valence-corrected chi connectivity index (χ0v) is 33.1. The van der Waals surface area contributed by atoms with Gasteiger partial charge in [-0.15, -0.1) is 21.9 Å². The largest absolute Gasteiger partial charge is 0.210 e. The molecule has 0 fully saturated rings. The molecular formula is C48H24B2F16-2. The lowest BCUT2D eigenvalue weighted by atomic mass is 9.12. The van der Waals surface area contributed by atoms with Gasteiger partial charge >= 0.3 is 0 Å². The first-order valence-electron chi connectivity index (χ1n) is 19.3. The summed E-state index contributed by atoms with van der Waals surface area (Å²) >= 11 is 0. The van der Waals surface area contributed by atoms with Crippen LogP contribution in [0, 0.1) is 93.1 Å². The van der Waals surface area contributed by atoms with Gasteiger partial charge in [0.05, 0.1) is 69.8 Å². The minimum absolute atomic E-state index is 0.536. The molecule has 0 aromatic heterocycles. The van der Waals surface area contributed by atoms with Crippen molar-refractivity contribution in [2.75, 3.05) is 0 Å². The van der Waals surface area contributed by atoms with Gasteiger partial charge in [0.15, 0.2) is 0 Å². The van der Waals surface area contributed by atoms with Crippen LogP contribution >= 0.6 is 0 Å². The van der Waals surface area contributed by atoms with E-state index in [1.807, 2.05) is 0 Å². The third-order valence-corrected chi connectivity index (χ3v) is 11.4. The molecule has 0 saturated carbocycles. The number of halogens is 16. The first-order chi connectivity index (χ1) is 31.3. The highest BCUT2D eigenvalue weighted by atomic mass is 19.2. The molecule has 0 N–H and O–H groups in total. The normalized spacial score (nSPS) is 11.6. The maximum absolute atomic E-state index is 15.2. The molecule has 0 nitrogen and oxygen atoms in total. The van der Waals surface area contributed by atoms with Gasteiger partial charge in [-0.2, -0.15) is 21.9 Å². The average molecular weight is 926 g/mol. The van der Waals surface area contributed by atoms with Crippen LogP contribution in [0.1, 0.15) is 0 Å². The number of rotatable bonds is 8. The van der Waals surface area contributed by atoms with Crippen LogP contribution in [-0.4, -0.2) is 12.3 Å². The standard InChI is InChI=1S/2C24H12BF8/c26-13-1-5-21(30)17(9-13)25(18-10-14(27)2-6-22(18)31,19-11-15(28)3-7-23(19)32)20-12-16(29)4-8-24(20)33;26-13-5-1-6-14(27)21(13)25(22-15(28)7-2-8-16(22)29,23-17(30)9-3-10-18(23)31)24-19(32)11-4-12-20(24)33/h2*1-12H/q2*-1. The van der Waals surface area contributed by atoms with Crippen molar-refractivity contribution in [3.05, 3.63) is 239 Å². The van der Waals surface area contributed by atoms with E-state index in [1.165, 1.54) is 0 Å². The van der Waals surface area contributed by atoms with Gasteiger partial charge in [-0.25, -0.2) is 70.2 Å². The Balaban J connectivity index is 0.000000196. The second-order valence-electron chi connectivity index (χ2n) is 14.9. The van der Waals surface area contributed by atoms with E-state index in [-0.39, 0.29) is 0 Å². The Hall–Kier alpha value is -7.23. The summed E-state index contributed by atoms with van der Waals surface area (Å²) in [4.78, 5) is 0. The summed E-state index contributed by atoms with van der Waals surface area (Å²) in [6, 6.07) is 16.2. The molecule has 0 bridgehead atoms. The predicted molar refractivity (Wildman–Crippen MR) is 219 cm³/mol. The molecule has 0 amide bonds. The Labute approximate surface area is 364 Å². The average Bonchev–Trinajstić information content (AvgIpc) is 3.25. The molecule has 0 saturated heterocycles. The van der Waals surface area contributed by atoms with E-state index in [2.05, 4.69) is 0 Å². The molecule has 0 heterocycles. The lowest BCUT2D eigenvalue weighted by molar-refractivity contribution is 0.582. The van der Waals surface area contributed by atoms with Crippen molar-refractivity contribution in [3.8, 4) is 0 Å². The summed E-state index contributed by atoms with van der Waals surface area (Å²) in [5.41, 5.74) is -8.49. The Morgan fingerprint density at radius 3 is 0.561 bits per heavy atom. The third kappa shape index (κ3) is 7.98. The van der Waals surface area contributed by atoms with Crippen LogP contribution in [0.5, 0.6) is 0 Å². The van der Waals surface area contributed by atoms with E-state index in [4.69, 9.17) is 0 Å². The first kappa shape index (κ1) is 46.8. The van der Waals surface area contributed by atoms with E-state index in [0.29, 0.717) is 121 Å².